The molecule has 0 fully saturated rings. The van der Waals surface area contributed by atoms with Gasteiger partial charge in [0, 0.05) is 36.8 Å². The van der Waals surface area contributed by atoms with Gasteiger partial charge in [-0.3, -0.25) is 0 Å². The first-order chi connectivity index (χ1) is 33.9. The van der Waals surface area contributed by atoms with Gasteiger partial charge in [-0.1, -0.05) is 205 Å². The summed E-state index contributed by atoms with van der Waals surface area (Å²) in [5, 5.41) is 0. The lowest BCUT2D eigenvalue weighted by atomic mass is 9.61. The molecule has 0 radical (unpaired) electrons. The van der Waals surface area contributed by atoms with E-state index in [4.69, 9.17) is 0 Å². The van der Waals surface area contributed by atoms with Crippen LogP contribution in [0.4, 0.5) is 22.7 Å². The molecule has 14 rings (SSSR count). The Morgan fingerprint density at radius 3 is 0.928 bits per heavy atom. The van der Waals surface area contributed by atoms with Gasteiger partial charge < -0.3 is 9.80 Å². The Hall–Kier alpha value is -8.20. The Labute approximate surface area is 405 Å². The van der Waals surface area contributed by atoms with E-state index in [0.717, 1.165) is 0 Å². The summed E-state index contributed by atoms with van der Waals surface area (Å²) in [6.45, 7) is 4.47. The fourth-order valence-electron chi connectivity index (χ4n) is 13.7. The third kappa shape index (κ3) is 5.00. The van der Waals surface area contributed by atoms with Crippen LogP contribution < -0.4 is 9.80 Å². The number of benzene rings is 10. The van der Waals surface area contributed by atoms with Crippen molar-refractivity contribution in [2.24, 2.45) is 0 Å². The Morgan fingerprint density at radius 2 is 0.565 bits per heavy atom. The van der Waals surface area contributed by atoms with Gasteiger partial charge in [-0.2, -0.15) is 0 Å². The van der Waals surface area contributed by atoms with Gasteiger partial charge in [0.1, 0.15) is 0 Å². The van der Waals surface area contributed by atoms with Crippen molar-refractivity contribution >= 4 is 22.7 Å². The fraction of sp³-hybridized carbons (Fsp3) is 0.104. The van der Waals surface area contributed by atoms with E-state index in [2.05, 4.69) is 268 Å². The summed E-state index contributed by atoms with van der Waals surface area (Å²) in [5.74, 6) is 0. The molecule has 0 atom stereocenters. The second-order valence-electron chi connectivity index (χ2n) is 19.8. The predicted octanol–water partition coefficient (Wildman–Crippen LogP) is 15.6. The number of hydrogen-bond acceptors (Lipinski definition) is 2. The normalized spacial score (nSPS) is 15.5. The zero-order valence-electron chi connectivity index (χ0n) is 39.3. The molecule has 1 spiro atoms. The average molecular weight is 883 g/mol. The smallest absolute Gasteiger partial charge is 0.0742 e. The molecule has 10 aromatic carbocycles. The molecule has 2 aliphatic heterocycles. The van der Waals surface area contributed by atoms with E-state index in [9.17, 15) is 0 Å². The summed E-state index contributed by atoms with van der Waals surface area (Å²) in [7, 11) is 4.57. The maximum Gasteiger partial charge on any atom is 0.0742 e. The van der Waals surface area contributed by atoms with Crippen LogP contribution >= 0.6 is 0 Å². The number of rotatable bonds is 4. The molecule has 10 aromatic rings. The van der Waals surface area contributed by atoms with Gasteiger partial charge in [0.25, 0.3) is 0 Å². The molecule has 0 bridgehead atoms. The van der Waals surface area contributed by atoms with Crippen LogP contribution in [-0.4, -0.2) is 14.1 Å². The van der Waals surface area contributed by atoms with Gasteiger partial charge in [-0.15, -0.1) is 0 Å². The quantitative estimate of drug-likeness (QED) is 0.174. The molecule has 0 aromatic heterocycles. The maximum absolute atomic E-state index is 2.63. The van der Waals surface area contributed by atoms with Crippen molar-refractivity contribution in [1.29, 1.82) is 0 Å². The molecule has 0 amide bonds. The SMILES string of the molecule is Cc1ccc2c(c1)C(c1ccccc1)(c1ccccc1)c1cc3c(cc1N2C)C1(c2ccccc2-c2ccccc21)c1cc2c(cc1-3)C(c1ccccc1)(c1ccccc1)c1cc(C)ccc1N2C. The third-order valence-corrected chi connectivity index (χ3v) is 16.5. The van der Waals surface area contributed by atoms with E-state index >= 15 is 0 Å². The number of hydrogen-bond donors (Lipinski definition) is 0. The Kier molecular flexibility index (Phi) is 8.33. The lowest BCUT2D eigenvalue weighted by Gasteiger charge is -2.46. The van der Waals surface area contributed by atoms with E-state index in [1.165, 1.54) is 123 Å². The minimum Gasteiger partial charge on any atom is -0.344 e. The van der Waals surface area contributed by atoms with Gasteiger partial charge in [-0.25, -0.2) is 0 Å². The highest BCUT2D eigenvalue weighted by Gasteiger charge is 2.56. The zero-order valence-corrected chi connectivity index (χ0v) is 39.3. The van der Waals surface area contributed by atoms with E-state index in [0.29, 0.717) is 0 Å². The van der Waals surface area contributed by atoms with Crippen LogP contribution in [0.3, 0.4) is 0 Å². The van der Waals surface area contributed by atoms with Crippen molar-refractivity contribution < 1.29 is 0 Å². The van der Waals surface area contributed by atoms with Crippen molar-refractivity contribution in [2.45, 2.75) is 30.1 Å². The highest BCUT2D eigenvalue weighted by Crippen LogP contribution is 2.68. The largest absolute Gasteiger partial charge is 0.344 e. The molecule has 2 heterocycles. The summed E-state index contributed by atoms with van der Waals surface area (Å²) in [4.78, 5) is 4.96. The second kappa shape index (κ2) is 14.4. The van der Waals surface area contributed by atoms with Crippen LogP contribution in [0.2, 0.25) is 0 Å². The van der Waals surface area contributed by atoms with Crippen LogP contribution in [0.5, 0.6) is 0 Å². The zero-order chi connectivity index (χ0) is 46.2. The standard InChI is InChI=1S/C67H50N2/c1-43-33-35-61-57(37-43)65(45-21-9-5-10-22-45,46-23-11-6-12-24-46)59-39-51-52-40-60-64(69(4)62-36-34-44(2)38-58(62)66(60,47-25-13-7-14-26-47)48-27-15-8-16-28-48)42-56(52)67(55(51)41-63(59)68(61)3)53-31-19-17-29-49(53)50-30-18-20-32-54(50)67/h5-42H,1-4H3. The van der Waals surface area contributed by atoms with Crippen LogP contribution in [0, 0.1) is 13.8 Å². The topological polar surface area (TPSA) is 6.48 Å². The molecule has 2 aliphatic carbocycles. The molecular weight excluding hydrogens is 833 g/mol. The van der Waals surface area contributed by atoms with E-state index in [1.54, 1.807) is 0 Å². The van der Waals surface area contributed by atoms with Gasteiger partial charge >= 0.3 is 0 Å². The molecule has 69 heavy (non-hydrogen) atoms. The van der Waals surface area contributed by atoms with Crippen molar-refractivity contribution in [3.8, 4) is 22.3 Å². The highest BCUT2D eigenvalue weighted by molar-refractivity contribution is 6.00. The van der Waals surface area contributed by atoms with Crippen molar-refractivity contribution in [2.75, 3.05) is 23.9 Å². The van der Waals surface area contributed by atoms with Crippen LogP contribution in [0.15, 0.2) is 231 Å². The van der Waals surface area contributed by atoms with Gasteiger partial charge in [0.2, 0.25) is 0 Å². The van der Waals surface area contributed by atoms with Crippen LogP contribution in [0.25, 0.3) is 22.3 Å². The monoisotopic (exact) mass is 882 g/mol. The molecule has 4 aliphatic rings. The second-order valence-corrected chi connectivity index (χ2v) is 19.8. The number of aryl methyl sites for hydroxylation is 2. The first kappa shape index (κ1) is 39.9. The predicted molar refractivity (Wildman–Crippen MR) is 285 cm³/mol. The summed E-state index contributed by atoms with van der Waals surface area (Å²) >= 11 is 0. The fourth-order valence-corrected chi connectivity index (χ4v) is 13.7. The van der Waals surface area contributed by atoms with Crippen molar-refractivity contribution in [3.63, 3.8) is 0 Å². The van der Waals surface area contributed by atoms with E-state index in [-0.39, 0.29) is 0 Å². The van der Waals surface area contributed by atoms with Gasteiger partial charge in [-0.05, 0) is 139 Å². The number of fused-ring (bicyclic) bond motifs is 14. The van der Waals surface area contributed by atoms with E-state index < -0.39 is 16.2 Å². The van der Waals surface area contributed by atoms with E-state index in [1.807, 2.05) is 0 Å². The molecule has 2 heteroatoms. The molecule has 0 saturated heterocycles. The number of anilines is 4. The molecular formula is C67H50N2. The molecule has 2 nitrogen and oxygen atoms in total. The minimum absolute atomic E-state index is 0.588. The lowest BCUT2D eigenvalue weighted by Crippen LogP contribution is -2.38. The van der Waals surface area contributed by atoms with Crippen LogP contribution in [-0.2, 0) is 16.2 Å². The van der Waals surface area contributed by atoms with Crippen molar-refractivity contribution in [3.05, 3.63) is 308 Å². The highest BCUT2D eigenvalue weighted by atomic mass is 15.1. The summed E-state index contributed by atoms with van der Waals surface area (Å²) in [6.07, 6.45) is 0. The summed E-state index contributed by atoms with van der Waals surface area (Å²) < 4.78 is 0. The first-order valence-corrected chi connectivity index (χ1v) is 24.4. The molecule has 0 saturated carbocycles. The molecule has 0 N–H and O–H groups in total. The first-order valence-electron chi connectivity index (χ1n) is 24.4. The Balaban J connectivity index is 1.18. The van der Waals surface area contributed by atoms with Crippen molar-refractivity contribution in [1.82, 2.24) is 0 Å². The average Bonchev–Trinajstić information content (AvgIpc) is 3.86. The minimum atomic E-state index is -0.620. The number of nitrogens with zero attached hydrogens (tertiary/aromatic N) is 2. The van der Waals surface area contributed by atoms with Gasteiger partial charge in [0.05, 0.1) is 16.2 Å². The Bertz CT molecular complexity index is 3390. The third-order valence-electron chi connectivity index (χ3n) is 16.5. The molecule has 328 valence electrons. The summed E-state index contributed by atoms with van der Waals surface area (Å²) in [5.41, 5.74) is 26.3. The van der Waals surface area contributed by atoms with Crippen LogP contribution in [0.1, 0.15) is 77.9 Å². The summed E-state index contributed by atoms with van der Waals surface area (Å²) in [6, 6.07) is 88.2. The lowest BCUT2D eigenvalue weighted by molar-refractivity contribution is 0.721. The Morgan fingerprint density at radius 1 is 0.246 bits per heavy atom. The molecule has 0 unspecified atom stereocenters. The van der Waals surface area contributed by atoms with Gasteiger partial charge in [0.15, 0.2) is 0 Å². The maximum atomic E-state index is 2.63.